The van der Waals surface area contributed by atoms with E-state index in [4.69, 9.17) is 34.8 Å². The Labute approximate surface area is 160 Å². The van der Waals surface area contributed by atoms with Gasteiger partial charge >= 0.3 is 0 Å². The van der Waals surface area contributed by atoms with Crippen LogP contribution in [0.5, 0.6) is 0 Å². The molecule has 3 aromatic rings. The number of rotatable bonds is 6. The van der Waals surface area contributed by atoms with Crippen LogP contribution in [0.4, 0.5) is 0 Å². The van der Waals surface area contributed by atoms with Crippen LogP contribution in [0.15, 0.2) is 66.1 Å². The molecule has 124 valence electrons. The molecule has 2 aromatic carbocycles. The van der Waals surface area contributed by atoms with Crippen LogP contribution >= 0.6 is 46.6 Å². The quantitative estimate of drug-likeness (QED) is 0.458. The molecule has 1 atom stereocenters. The van der Waals surface area contributed by atoms with E-state index >= 15 is 0 Å². The highest BCUT2D eigenvalue weighted by atomic mass is 35.5. The van der Waals surface area contributed by atoms with Gasteiger partial charge in [-0.2, -0.15) is 0 Å². The van der Waals surface area contributed by atoms with Gasteiger partial charge < -0.3 is 4.57 Å². The van der Waals surface area contributed by atoms with Gasteiger partial charge in [-0.3, -0.25) is 0 Å². The van der Waals surface area contributed by atoms with E-state index in [0.717, 1.165) is 22.9 Å². The van der Waals surface area contributed by atoms with Crippen LogP contribution in [-0.2, 0) is 13.0 Å². The summed E-state index contributed by atoms with van der Waals surface area (Å²) in [5.74, 6) is 0. The molecule has 1 aromatic heterocycles. The molecule has 0 aliphatic rings. The fraction of sp³-hybridized carbons (Fsp3) is 0.167. The summed E-state index contributed by atoms with van der Waals surface area (Å²) in [4.78, 5) is 5.04. The van der Waals surface area contributed by atoms with Gasteiger partial charge in [0.1, 0.15) is 0 Å². The van der Waals surface area contributed by atoms with E-state index < -0.39 is 0 Å². The molecule has 0 saturated heterocycles. The summed E-state index contributed by atoms with van der Waals surface area (Å²) in [5, 5.41) is 2.36. The second kappa shape index (κ2) is 8.30. The number of nitrogens with zero attached hydrogens (tertiary/aromatic N) is 2. The third kappa shape index (κ3) is 4.70. The zero-order valence-electron chi connectivity index (χ0n) is 12.7. The maximum atomic E-state index is 6.34. The van der Waals surface area contributed by atoms with Crippen molar-refractivity contribution >= 4 is 46.6 Å². The molecule has 2 nitrogen and oxygen atoms in total. The minimum absolute atomic E-state index is 0.262. The molecular formula is C18H15Cl3N2S. The highest BCUT2D eigenvalue weighted by molar-refractivity contribution is 8.00. The zero-order chi connectivity index (χ0) is 16.9. The molecule has 0 spiro atoms. The van der Waals surface area contributed by atoms with Crippen molar-refractivity contribution < 1.29 is 0 Å². The highest BCUT2D eigenvalue weighted by Gasteiger charge is 2.16. The fourth-order valence-corrected chi connectivity index (χ4v) is 4.43. The van der Waals surface area contributed by atoms with Gasteiger partial charge in [0, 0.05) is 34.1 Å². The molecule has 1 heterocycles. The van der Waals surface area contributed by atoms with Crippen LogP contribution in [0, 0.1) is 0 Å². The molecule has 6 heteroatoms. The van der Waals surface area contributed by atoms with Crippen molar-refractivity contribution in [2.45, 2.75) is 23.1 Å². The molecule has 0 amide bonds. The van der Waals surface area contributed by atoms with Crippen molar-refractivity contribution in [1.29, 1.82) is 0 Å². The van der Waals surface area contributed by atoms with Gasteiger partial charge in [0.2, 0.25) is 0 Å². The SMILES string of the molecule is Clc1ccc(CC(Cn2ccnc2)Sc2c(Cl)cccc2Cl)cc1. The van der Waals surface area contributed by atoms with E-state index in [-0.39, 0.29) is 5.25 Å². The molecule has 0 aliphatic heterocycles. The van der Waals surface area contributed by atoms with Gasteiger partial charge in [-0.05, 0) is 36.2 Å². The van der Waals surface area contributed by atoms with Crippen LogP contribution in [0.2, 0.25) is 15.1 Å². The predicted molar refractivity (Wildman–Crippen MR) is 103 cm³/mol. The Morgan fingerprint density at radius 1 is 1.00 bits per heavy atom. The summed E-state index contributed by atoms with van der Waals surface area (Å²) in [7, 11) is 0. The van der Waals surface area contributed by atoms with Crippen LogP contribution in [-0.4, -0.2) is 14.8 Å². The summed E-state index contributed by atoms with van der Waals surface area (Å²) in [6.45, 7) is 0.814. The van der Waals surface area contributed by atoms with Crippen LogP contribution in [0.3, 0.4) is 0 Å². The van der Waals surface area contributed by atoms with Gasteiger partial charge in [-0.1, -0.05) is 53.0 Å². The van der Waals surface area contributed by atoms with Crippen molar-refractivity contribution in [2.24, 2.45) is 0 Å². The van der Waals surface area contributed by atoms with E-state index in [1.54, 1.807) is 18.0 Å². The molecule has 0 bridgehead atoms. The van der Waals surface area contributed by atoms with E-state index in [0.29, 0.717) is 10.0 Å². The monoisotopic (exact) mass is 396 g/mol. The third-order valence-electron chi connectivity index (χ3n) is 3.55. The Balaban J connectivity index is 1.82. The van der Waals surface area contributed by atoms with E-state index in [2.05, 4.69) is 21.7 Å². The lowest BCUT2D eigenvalue weighted by Gasteiger charge is -2.19. The average molecular weight is 398 g/mol. The predicted octanol–water partition coefficient (Wildman–Crippen LogP) is 6.25. The Morgan fingerprint density at radius 3 is 2.33 bits per heavy atom. The first-order valence-corrected chi connectivity index (χ1v) is 9.44. The average Bonchev–Trinajstić information content (AvgIpc) is 3.06. The lowest BCUT2D eigenvalue weighted by molar-refractivity contribution is 0.656. The Bertz CT molecular complexity index is 768. The molecule has 0 aliphatic carbocycles. The minimum Gasteiger partial charge on any atom is -0.336 e. The lowest BCUT2D eigenvalue weighted by Crippen LogP contribution is -2.15. The Hall–Kier alpha value is -1.13. The smallest absolute Gasteiger partial charge is 0.0946 e. The largest absolute Gasteiger partial charge is 0.336 e. The Kier molecular flexibility index (Phi) is 6.12. The number of thioether (sulfide) groups is 1. The van der Waals surface area contributed by atoms with Crippen molar-refractivity contribution in [2.75, 3.05) is 0 Å². The fourth-order valence-electron chi connectivity index (χ4n) is 2.42. The molecule has 0 N–H and O–H groups in total. The normalized spacial score (nSPS) is 12.3. The first-order valence-electron chi connectivity index (χ1n) is 7.42. The van der Waals surface area contributed by atoms with Gasteiger partial charge in [-0.25, -0.2) is 4.98 Å². The van der Waals surface area contributed by atoms with Crippen molar-refractivity contribution in [3.05, 3.63) is 81.8 Å². The molecular weight excluding hydrogens is 383 g/mol. The van der Waals surface area contributed by atoms with Crippen LogP contribution < -0.4 is 0 Å². The maximum Gasteiger partial charge on any atom is 0.0946 e. The molecule has 24 heavy (non-hydrogen) atoms. The second-order valence-electron chi connectivity index (χ2n) is 5.38. The first kappa shape index (κ1) is 17.7. The summed E-state index contributed by atoms with van der Waals surface area (Å²) in [6, 6.07) is 13.5. The molecule has 1 unspecified atom stereocenters. The zero-order valence-corrected chi connectivity index (χ0v) is 15.8. The molecule has 3 rings (SSSR count). The third-order valence-corrected chi connectivity index (χ3v) is 5.98. The number of imidazole rings is 1. The molecule has 0 saturated carbocycles. The second-order valence-corrected chi connectivity index (χ2v) is 7.94. The van der Waals surface area contributed by atoms with Crippen molar-refractivity contribution in [1.82, 2.24) is 9.55 Å². The molecule has 0 fully saturated rings. The summed E-state index contributed by atoms with van der Waals surface area (Å²) in [5.41, 5.74) is 1.22. The minimum atomic E-state index is 0.262. The number of hydrogen-bond donors (Lipinski definition) is 0. The maximum absolute atomic E-state index is 6.34. The Morgan fingerprint density at radius 2 is 1.71 bits per heavy atom. The van der Waals surface area contributed by atoms with E-state index in [1.165, 1.54) is 5.56 Å². The molecule has 0 radical (unpaired) electrons. The number of hydrogen-bond acceptors (Lipinski definition) is 2. The van der Waals surface area contributed by atoms with Crippen molar-refractivity contribution in [3.8, 4) is 0 Å². The summed E-state index contributed by atoms with van der Waals surface area (Å²) < 4.78 is 2.07. The van der Waals surface area contributed by atoms with E-state index in [1.807, 2.05) is 42.9 Å². The van der Waals surface area contributed by atoms with Crippen LogP contribution in [0.1, 0.15) is 5.56 Å². The first-order chi connectivity index (χ1) is 11.6. The van der Waals surface area contributed by atoms with Gasteiger partial charge in [0.25, 0.3) is 0 Å². The summed E-state index contributed by atoms with van der Waals surface area (Å²) in [6.07, 6.45) is 6.45. The van der Waals surface area contributed by atoms with Gasteiger partial charge in [-0.15, -0.1) is 11.8 Å². The van der Waals surface area contributed by atoms with Crippen LogP contribution in [0.25, 0.3) is 0 Å². The highest BCUT2D eigenvalue weighted by Crippen LogP contribution is 2.37. The summed E-state index contributed by atoms with van der Waals surface area (Å²) >= 11 is 20.4. The topological polar surface area (TPSA) is 17.8 Å². The lowest BCUT2D eigenvalue weighted by atomic mass is 10.1. The van der Waals surface area contributed by atoms with Crippen molar-refractivity contribution in [3.63, 3.8) is 0 Å². The van der Waals surface area contributed by atoms with Gasteiger partial charge in [0.05, 0.1) is 16.4 Å². The number of benzene rings is 2. The standard InChI is InChI=1S/C18H15Cl3N2S/c19-14-6-4-13(5-7-14)10-15(11-23-9-8-22-12-23)24-18-16(20)2-1-3-17(18)21/h1-9,12,15H,10-11H2. The number of halogens is 3. The number of aromatic nitrogens is 2. The van der Waals surface area contributed by atoms with E-state index in [9.17, 15) is 0 Å². The van der Waals surface area contributed by atoms with Gasteiger partial charge in [0.15, 0.2) is 0 Å².